The number of hydrogen-bond acceptors (Lipinski definition) is 2. The zero-order valence-corrected chi connectivity index (χ0v) is 25.4. The van der Waals surface area contributed by atoms with Gasteiger partial charge < -0.3 is 14.3 Å². The van der Waals surface area contributed by atoms with Crippen LogP contribution in [0.1, 0.15) is 70.7 Å². The molecule has 6 rings (SSSR count). The van der Waals surface area contributed by atoms with Gasteiger partial charge in [0, 0.05) is 36.2 Å². The van der Waals surface area contributed by atoms with Crippen molar-refractivity contribution >= 4 is 35.5 Å². The Balaban J connectivity index is 1.39. The Kier molecular flexibility index (Phi) is 7.00. The van der Waals surface area contributed by atoms with Crippen molar-refractivity contribution in [3.05, 3.63) is 96.2 Å². The van der Waals surface area contributed by atoms with Crippen LogP contribution >= 0.6 is 0 Å². The van der Waals surface area contributed by atoms with Gasteiger partial charge in [0.1, 0.15) is 0 Å². The van der Waals surface area contributed by atoms with E-state index in [1.54, 1.807) is 0 Å². The van der Waals surface area contributed by atoms with E-state index in [1.165, 1.54) is 32.5 Å². The van der Waals surface area contributed by atoms with Crippen molar-refractivity contribution in [3.63, 3.8) is 0 Å². The largest absolute Gasteiger partial charge is 0.407 e. The van der Waals surface area contributed by atoms with Crippen LogP contribution in [0.5, 0.6) is 0 Å². The lowest BCUT2D eigenvalue weighted by Crippen LogP contribution is -2.66. The van der Waals surface area contributed by atoms with Gasteiger partial charge in [-0.2, -0.15) is 0 Å². The van der Waals surface area contributed by atoms with Crippen LogP contribution in [0.2, 0.25) is 5.04 Å². The van der Waals surface area contributed by atoms with Crippen molar-refractivity contribution in [1.82, 2.24) is 9.88 Å². The maximum absolute atomic E-state index is 13.3. The minimum Gasteiger partial charge on any atom is -0.407 e. The molecule has 0 spiro atoms. The Morgan fingerprint density at radius 1 is 0.925 bits per heavy atom. The van der Waals surface area contributed by atoms with Crippen molar-refractivity contribution in [2.45, 2.75) is 70.9 Å². The predicted molar refractivity (Wildman–Crippen MR) is 167 cm³/mol. The fraction of sp³-hybridized carbons (Fsp3) is 0.400. The molecule has 1 fully saturated rings. The van der Waals surface area contributed by atoms with Crippen molar-refractivity contribution in [3.8, 4) is 0 Å². The third-order valence-corrected chi connectivity index (χ3v) is 14.9. The highest BCUT2D eigenvalue weighted by molar-refractivity contribution is 6.99. The predicted octanol–water partition coefficient (Wildman–Crippen LogP) is 6.75. The van der Waals surface area contributed by atoms with Gasteiger partial charge in [0.2, 0.25) is 5.91 Å². The molecule has 2 atom stereocenters. The maximum atomic E-state index is 13.3. The summed E-state index contributed by atoms with van der Waals surface area (Å²) in [7, 11) is -2.62. The molecule has 208 valence electrons. The monoisotopic (exact) mass is 550 g/mol. The number of carbonyl (C=O) groups is 1. The number of amides is 1. The van der Waals surface area contributed by atoms with Crippen LogP contribution in [-0.2, 0) is 15.6 Å². The number of aromatic nitrogens is 1. The van der Waals surface area contributed by atoms with Gasteiger partial charge in [-0.25, -0.2) is 0 Å². The Bertz CT molecular complexity index is 1450. The normalized spacial score (nSPS) is 21.4. The average molecular weight is 551 g/mol. The van der Waals surface area contributed by atoms with E-state index in [1.807, 2.05) is 0 Å². The van der Waals surface area contributed by atoms with Crippen LogP contribution in [0.15, 0.2) is 84.9 Å². The van der Waals surface area contributed by atoms with Crippen molar-refractivity contribution in [2.24, 2.45) is 5.41 Å². The van der Waals surface area contributed by atoms with E-state index < -0.39 is 8.32 Å². The van der Waals surface area contributed by atoms with Gasteiger partial charge in [0.05, 0.1) is 6.04 Å². The molecule has 0 aliphatic carbocycles. The summed E-state index contributed by atoms with van der Waals surface area (Å²) >= 11 is 0. The Hall–Kier alpha value is -3.15. The molecule has 4 aromatic rings. The van der Waals surface area contributed by atoms with Crippen LogP contribution in [-0.4, -0.2) is 37.3 Å². The fourth-order valence-corrected chi connectivity index (χ4v) is 12.3. The molecule has 0 bridgehead atoms. The number of aromatic amines is 1. The summed E-state index contributed by atoms with van der Waals surface area (Å²) in [6.45, 7) is 10.8. The molecule has 2 aliphatic rings. The zero-order valence-electron chi connectivity index (χ0n) is 24.4. The van der Waals surface area contributed by atoms with Crippen LogP contribution in [0.4, 0.5) is 0 Å². The quantitative estimate of drug-likeness (QED) is 0.259. The molecule has 3 heterocycles. The van der Waals surface area contributed by atoms with Crippen LogP contribution in [0.3, 0.4) is 0 Å². The standard InChI is InChI=1S/C35H42N2O2Si/c1-5-35(22-20-31(38)37-24-21-29-28-18-12-13-19-30(28)36-32(29)33(35)37)23-25-39-40(34(2,3)4,26-14-8-6-9-15-26)27-16-10-7-11-17-27/h6-19,33,36H,5,20-25H2,1-4H3/t33?,35-/m0/s1. The molecule has 40 heavy (non-hydrogen) atoms. The molecule has 4 nitrogen and oxygen atoms in total. The topological polar surface area (TPSA) is 45.3 Å². The molecular weight excluding hydrogens is 508 g/mol. The number of nitrogens with one attached hydrogen (secondary N) is 1. The molecule has 1 N–H and O–H groups in total. The maximum Gasteiger partial charge on any atom is 0.261 e. The lowest BCUT2D eigenvalue weighted by molar-refractivity contribution is -0.146. The van der Waals surface area contributed by atoms with E-state index in [0.717, 1.165) is 32.2 Å². The first-order valence-corrected chi connectivity index (χ1v) is 16.9. The zero-order chi connectivity index (χ0) is 28.0. The number of fused-ring (bicyclic) bond motifs is 5. The number of H-pyrrole nitrogens is 1. The fourth-order valence-electron chi connectivity index (χ4n) is 7.76. The number of carbonyl (C=O) groups excluding carboxylic acids is 1. The lowest BCUT2D eigenvalue weighted by atomic mass is 9.66. The lowest BCUT2D eigenvalue weighted by Gasteiger charge is -2.52. The van der Waals surface area contributed by atoms with E-state index >= 15 is 0 Å². The van der Waals surface area contributed by atoms with E-state index in [2.05, 4.69) is 123 Å². The summed E-state index contributed by atoms with van der Waals surface area (Å²) in [5.41, 5.74) is 3.81. The first-order chi connectivity index (χ1) is 19.3. The van der Waals surface area contributed by atoms with Gasteiger partial charge in [-0.15, -0.1) is 0 Å². The number of para-hydroxylation sites is 1. The molecule has 5 heteroatoms. The van der Waals surface area contributed by atoms with E-state index in [0.29, 0.717) is 18.9 Å². The Morgan fingerprint density at radius 3 is 2.17 bits per heavy atom. The highest BCUT2D eigenvalue weighted by atomic mass is 28.4. The number of benzene rings is 3. The third kappa shape index (κ3) is 4.26. The summed E-state index contributed by atoms with van der Waals surface area (Å²) in [5, 5.41) is 3.88. The summed E-state index contributed by atoms with van der Waals surface area (Å²) in [6, 6.07) is 30.5. The third-order valence-electron chi connectivity index (χ3n) is 9.81. The highest BCUT2D eigenvalue weighted by Crippen LogP contribution is 2.54. The summed E-state index contributed by atoms with van der Waals surface area (Å²) in [6.07, 6.45) is 4.39. The summed E-state index contributed by atoms with van der Waals surface area (Å²) < 4.78 is 7.37. The smallest absolute Gasteiger partial charge is 0.261 e. The number of rotatable bonds is 7. The number of nitrogens with zero attached hydrogens (tertiary/aromatic N) is 1. The van der Waals surface area contributed by atoms with E-state index in [4.69, 9.17) is 4.43 Å². The van der Waals surface area contributed by atoms with E-state index in [9.17, 15) is 4.79 Å². The van der Waals surface area contributed by atoms with Crippen LogP contribution in [0.25, 0.3) is 10.9 Å². The Labute approximate surface area is 239 Å². The van der Waals surface area contributed by atoms with Crippen molar-refractivity contribution in [1.29, 1.82) is 0 Å². The van der Waals surface area contributed by atoms with Crippen LogP contribution < -0.4 is 10.4 Å². The Morgan fingerprint density at radius 2 is 1.55 bits per heavy atom. The first kappa shape index (κ1) is 27.0. The van der Waals surface area contributed by atoms with Crippen LogP contribution in [0, 0.1) is 5.41 Å². The van der Waals surface area contributed by atoms with Gasteiger partial charge in [-0.3, -0.25) is 4.79 Å². The van der Waals surface area contributed by atoms with Gasteiger partial charge >= 0.3 is 0 Å². The van der Waals surface area contributed by atoms with E-state index in [-0.39, 0.29) is 16.5 Å². The van der Waals surface area contributed by atoms with Gasteiger partial charge in [0.25, 0.3) is 8.32 Å². The minimum atomic E-state index is -2.62. The number of hydrogen-bond donors (Lipinski definition) is 1. The van der Waals surface area contributed by atoms with Gasteiger partial charge in [-0.1, -0.05) is 107 Å². The average Bonchev–Trinajstić information content (AvgIpc) is 3.36. The second-order valence-electron chi connectivity index (χ2n) is 12.8. The molecule has 0 saturated carbocycles. The molecule has 1 unspecified atom stereocenters. The summed E-state index contributed by atoms with van der Waals surface area (Å²) in [4.78, 5) is 19.2. The second kappa shape index (κ2) is 10.4. The molecule has 3 aromatic carbocycles. The molecule has 1 saturated heterocycles. The highest BCUT2D eigenvalue weighted by Gasteiger charge is 2.53. The minimum absolute atomic E-state index is 0.0324. The molecule has 0 radical (unpaired) electrons. The molecule has 2 aliphatic heterocycles. The van der Waals surface area contributed by atoms with Crippen molar-refractivity contribution in [2.75, 3.05) is 13.2 Å². The molecular formula is C35H42N2O2Si. The SMILES string of the molecule is CC[C@@]1(CCO[Si](c2ccccc2)(c2ccccc2)C(C)(C)C)CCC(=O)N2CCc3c([nH]c4ccccc34)C21. The molecule has 1 amide bonds. The summed E-state index contributed by atoms with van der Waals surface area (Å²) in [5.74, 6) is 0.297. The molecule has 1 aromatic heterocycles. The first-order valence-electron chi connectivity index (χ1n) is 14.9. The van der Waals surface area contributed by atoms with Gasteiger partial charge in [0.15, 0.2) is 0 Å². The second-order valence-corrected chi connectivity index (χ2v) is 17.1. The van der Waals surface area contributed by atoms with Gasteiger partial charge in [-0.05, 0) is 58.1 Å². The number of piperidine rings is 1. The van der Waals surface area contributed by atoms with Crippen molar-refractivity contribution < 1.29 is 9.22 Å².